The summed E-state index contributed by atoms with van der Waals surface area (Å²) in [5, 5.41) is 3.21. The summed E-state index contributed by atoms with van der Waals surface area (Å²) in [5.74, 6) is -0.189. The van der Waals surface area contributed by atoms with E-state index in [2.05, 4.69) is 21.9 Å². The molecule has 0 aromatic carbocycles. The maximum atomic E-state index is 11.2. The zero-order valence-corrected chi connectivity index (χ0v) is 10.7. The predicted octanol–water partition coefficient (Wildman–Crippen LogP) is 1.01. The summed E-state index contributed by atoms with van der Waals surface area (Å²) < 4.78 is 4.67. The van der Waals surface area contributed by atoms with E-state index in [-0.39, 0.29) is 12.0 Å². The van der Waals surface area contributed by atoms with Gasteiger partial charge in [0, 0.05) is 12.6 Å². The molecule has 16 heavy (non-hydrogen) atoms. The van der Waals surface area contributed by atoms with Crippen LogP contribution in [0.5, 0.6) is 0 Å². The van der Waals surface area contributed by atoms with E-state index in [9.17, 15) is 4.79 Å². The van der Waals surface area contributed by atoms with Crippen LogP contribution in [0.2, 0.25) is 0 Å². The zero-order chi connectivity index (χ0) is 12.0. The SMILES string of the molecule is COC(=O)C(C)NCC(C)N1CCCCC1. The summed E-state index contributed by atoms with van der Waals surface area (Å²) in [5.41, 5.74) is 0. The highest BCUT2D eigenvalue weighted by atomic mass is 16.5. The van der Waals surface area contributed by atoms with Crippen LogP contribution in [0.3, 0.4) is 0 Å². The molecular formula is C12H24N2O2. The lowest BCUT2D eigenvalue weighted by molar-refractivity contribution is -0.142. The van der Waals surface area contributed by atoms with Crippen molar-refractivity contribution in [1.82, 2.24) is 10.2 Å². The van der Waals surface area contributed by atoms with Crippen LogP contribution in [0, 0.1) is 0 Å². The fraction of sp³-hybridized carbons (Fsp3) is 0.917. The minimum Gasteiger partial charge on any atom is -0.468 e. The van der Waals surface area contributed by atoms with Crippen molar-refractivity contribution in [3.8, 4) is 0 Å². The molecule has 94 valence electrons. The summed E-state index contributed by atoms with van der Waals surface area (Å²) >= 11 is 0. The van der Waals surface area contributed by atoms with Crippen molar-refractivity contribution in [2.75, 3.05) is 26.7 Å². The van der Waals surface area contributed by atoms with E-state index in [0.717, 1.165) is 6.54 Å². The van der Waals surface area contributed by atoms with Gasteiger partial charge in [0.25, 0.3) is 0 Å². The Morgan fingerprint density at radius 3 is 2.50 bits per heavy atom. The smallest absolute Gasteiger partial charge is 0.322 e. The van der Waals surface area contributed by atoms with Gasteiger partial charge < -0.3 is 10.1 Å². The molecule has 1 fully saturated rings. The van der Waals surface area contributed by atoms with Crippen LogP contribution in [-0.4, -0.2) is 49.7 Å². The second kappa shape index (κ2) is 6.86. The van der Waals surface area contributed by atoms with E-state index < -0.39 is 0 Å². The average Bonchev–Trinajstić information content (AvgIpc) is 2.35. The fourth-order valence-corrected chi connectivity index (χ4v) is 2.10. The standard InChI is InChI=1S/C12H24N2O2/c1-10(14-7-5-4-6-8-14)9-13-11(2)12(15)16-3/h10-11,13H,4-9H2,1-3H3. The average molecular weight is 228 g/mol. The third-order valence-corrected chi connectivity index (χ3v) is 3.29. The minimum atomic E-state index is -0.211. The van der Waals surface area contributed by atoms with E-state index in [0.29, 0.717) is 6.04 Å². The van der Waals surface area contributed by atoms with Crippen molar-refractivity contribution in [3.05, 3.63) is 0 Å². The van der Waals surface area contributed by atoms with Gasteiger partial charge in [-0.3, -0.25) is 9.69 Å². The van der Waals surface area contributed by atoms with Gasteiger partial charge in [0.05, 0.1) is 7.11 Å². The van der Waals surface area contributed by atoms with Gasteiger partial charge >= 0.3 is 5.97 Å². The van der Waals surface area contributed by atoms with Crippen LogP contribution in [0.1, 0.15) is 33.1 Å². The number of piperidine rings is 1. The molecule has 4 heteroatoms. The Hall–Kier alpha value is -0.610. The number of nitrogens with one attached hydrogen (secondary N) is 1. The molecule has 0 amide bonds. The number of hydrogen-bond acceptors (Lipinski definition) is 4. The first-order chi connectivity index (χ1) is 7.65. The number of likely N-dealkylation sites (tertiary alicyclic amines) is 1. The molecule has 0 aromatic heterocycles. The number of carbonyl (C=O) groups is 1. The monoisotopic (exact) mass is 228 g/mol. The number of methoxy groups -OCH3 is 1. The Balaban J connectivity index is 2.23. The van der Waals surface area contributed by atoms with Crippen molar-refractivity contribution >= 4 is 5.97 Å². The number of ether oxygens (including phenoxy) is 1. The summed E-state index contributed by atoms with van der Waals surface area (Å²) in [6.07, 6.45) is 3.96. The van der Waals surface area contributed by atoms with E-state index in [1.165, 1.54) is 39.5 Å². The highest BCUT2D eigenvalue weighted by molar-refractivity contribution is 5.75. The zero-order valence-electron chi connectivity index (χ0n) is 10.7. The number of rotatable bonds is 5. The van der Waals surface area contributed by atoms with E-state index >= 15 is 0 Å². The molecule has 0 spiro atoms. The molecule has 1 aliphatic heterocycles. The van der Waals surface area contributed by atoms with Gasteiger partial charge in [-0.25, -0.2) is 0 Å². The van der Waals surface area contributed by atoms with Crippen LogP contribution in [0.25, 0.3) is 0 Å². The van der Waals surface area contributed by atoms with Gasteiger partial charge in [-0.15, -0.1) is 0 Å². The molecule has 0 aromatic rings. The first-order valence-corrected chi connectivity index (χ1v) is 6.20. The summed E-state index contributed by atoms with van der Waals surface area (Å²) in [6, 6.07) is 0.282. The van der Waals surface area contributed by atoms with E-state index in [1.54, 1.807) is 0 Å². The third kappa shape index (κ3) is 4.10. The summed E-state index contributed by atoms with van der Waals surface area (Å²) in [6.45, 7) is 7.28. The van der Waals surface area contributed by atoms with Crippen LogP contribution in [-0.2, 0) is 9.53 Å². The third-order valence-electron chi connectivity index (χ3n) is 3.29. The molecule has 1 aliphatic rings. The van der Waals surface area contributed by atoms with Crippen molar-refractivity contribution in [1.29, 1.82) is 0 Å². The second-order valence-corrected chi connectivity index (χ2v) is 4.60. The molecule has 0 saturated carbocycles. The number of carbonyl (C=O) groups excluding carboxylic acids is 1. The minimum absolute atomic E-state index is 0.189. The Morgan fingerprint density at radius 2 is 1.94 bits per heavy atom. The van der Waals surface area contributed by atoms with Gasteiger partial charge in [0.15, 0.2) is 0 Å². The lowest BCUT2D eigenvalue weighted by atomic mass is 10.1. The maximum absolute atomic E-state index is 11.2. The van der Waals surface area contributed by atoms with Crippen molar-refractivity contribution in [3.63, 3.8) is 0 Å². The van der Waals surface area contributed by atoms with Crippen LogP contribution in [0.15, 0.2) is 0 Å². The molecule has 1 N–H and O–H groups in total. The van der Waals surface area contributed by atoms with Gasteiger partial charge in [-0.2, -0.15) is 0 Å². The predicted molar refractivity (Wildman–Crippen MR) is 64.4 cm³/mol. The van der Waals surface area contributed by atoms with Crippen LogP contribution in [0.4, 0.5) is 0 Å². The Labute approximate surface area is 98.3 Å². The molecule has 1 rings (SSSR count). The normalized spacial score (nSPS) is 21.4. The van der Waals surface area contributed by atoms with Gasteiger partial charge in [0.2, 0.25) is 0 Å². The summed E-state index contributed by atoms with van der Waals surface area (Å²) in [4.78, 5) is 13.7. The molecule has 0 aliphatic carbocycles. The molecule has 0 radical (unpaired) electrons. The lowest BCUT2D eigenvalue weighted by Crippen LogP contribution is -2.46. The molecule has 0 bridgehead atoms. The highest BCUT2D eigenvalue weighted by Crippen LogP contribution is 2.11. The van der Waals surface area contributed by atoms with Gasteiger partial charge in [-0.05, 0) is 39.8 Å². The number of hydrogen-bond donors (Lipinski definition) is 1. The molecule has 2 atom stereocenters. The van der Waals surface area contributed by atoms with E-state index in [1.807, 2.05) is 6.92 Å². The first-order valence-electron chi connectivity index (χ1n) is 6.20. The van der Waals surface area contributed by atoms with Crippen LogP contribution >= 0.6 is 0 Å². The van der Waals surface area contributed by atoms with Gasteiger partial charge in [-0.1, -0.05) is 6.42 Å². The van der Waals surface area contributed by atoms with E-state index in [4.69, 9.17) is 0 Å². The van der Waals surface area contributed by atoms with Crippen molar-refractivity contribution in [2.45, 2.75) is 45.2 Å². The lowest BCUT2D eigenvalue weighted by Gasteiger charge is -2.32. The fourth-order valence-electron chi connectivity index (χ4n) is 2.10. The van der Waals surface area contributed by atoms with Crippen LogP contribution < -0.4 is 5.32 Å². The quantitative estimate of drug-likeness (QED) is 0.713. The van der Waals surface area contributed by atoms with Crippen molar-refractivity contribution < 1.29 is 9.53 Å². The molecular weight excluding hydrogens is 204 g/mol. The van der Waals surface area contributed by atoms with Crippen molar-refractivity contribution in [2.24, 2.45) is 0 Å². The molecule has 4 nitrogen and oxygen atoms in total. The largest absolute Gasteiger partial charge is 0.468 e. The molecule has 2 unspecified atom stereocenters. The number of nitrogens with zero attached hydrogens (tertiary/aromatic N) is 1. The summed E-state index contributed by atoms with van der Waals surface area (Å²) in [7, 11) is 1.43. The number of esters is 1. The Kier molecular flexibility index (Phi) is 5.77. The van der Waals surface area contributed by atoms with Gasteiger partial charge in [0.1, 0.15) is 6.04 Å². The Morgan fingerprint density at radius 1 is 1.31 bits per heavy atom. The second-order valence-electron chi connectivity index (χ2n) is 4.60. The molecule has 1 saturated heterocycles. The maximum Gasteiger partial charge on any atom is 0.322 e. The Bertz CT molecular complexity index is 215. The first kappa shape index (κ1) is 13.5. The molecule has 1 heterocycles. The highest BCUT2D eigenvalue weighted by Gasteiger charge is 2.18. The topological polar surface area (TPSA) is 41.6 Å².